The molecule has 3 rings (SSSR count). The largest absolute Gasteiger partial charge is 0.494 e. The fraction of sp³-hybridized carbons (Fsp3) is 0.292. The van der Waals surface area contributed by atoms with Crippen LogP contribution in [0.2, 0.25) is 0 Å². The molecule has 0 aromatic heterocycles. The zero-order valence-electron chi connectivity index (χ0n) is 16.4. The van der Waals surface area contributed by atoms with Crippen molar-refractivity contribution in [3.63, 3.8) is 0 Å². The van der Waals surface area contributed by atoms with Gasteiger partial charge in [0.1, 0.15) is 5.75 Å². The Labute approximate surface area is 161 Å². The van der Waals surface area contributed by atoms with Gasteiger partial charge in [-0.05, 0) is 76.9 Å². The molecule has 0 radical (unpaired) electrons. The van der Waals surface area contributed by atoms with Crippen molar-refractivity contribution in [3.8, 4) is 5.75 Å². The number of carbonyl (C=O) groups is 1. The van der Waals surface area contributed by atoms with Crippen molar-refractivity contribution in [2.75, 3.05) is 6.61 Å². The van der Waals surface area contributed by atoms with Gasteiger partial charge in [-0.3, -0.25) is 4.79 Å². The lowest BCUT2D eigenvalue weighted by molar-refractivity contribution is -0.135. The molecule has 2 aromatic carbocycles. The number of aliphatic carboxylic acids is 1. The maximum absolute atomic E-state index is 11.4. The Balaban J connectivity index is 2.07. The number of carboxylic acids is 1. The van der Waals surface area contributed by atoms with Crippen molar-refractivity contribution in [2.24, 2.45) is 0 Å². The minimum absolute atomic E-state index is 0.0119. The lowest BCUT2D eigenvalue weighted by atomic mass is 9.98. The summed E-state index contributed by atoms with van der Waals surface area (Å²) in [5.74, 6) is 0.453. The number of rotatable bonds is 6. The fourth-order valence-electron chi connectivity index (χ4n) is 3.54. The highest BCUT2D eigenvalue weighted by Gasteiger charge is 2.25. The average molecular weight is 362 g/mol. The summed E-state index contributed by atoms with van der Waals surface area (Å²) in [7, 11) is 0. The van der Waals surface area contributed by atoms with Crippen molar-refractivity contribution in [1.29, 1.82) is 0 Å². The van der Waals surface area contributed by atoms with E-state index in [9.17, 15) is 9.90 Å². The molecule has 0 heterocycles. The van der Waals surface area contributed by atoms with Gasteiger partial charge in [-0.25, -0.2) is 0 Å². The predicted molar refractivity (Wildman–Crippen MR) is 111 cm³/mol. The number of hydrogen-bond donors (Lipinski definition) is 1. The van der Waals surface area contributed by atoms with E-state index in [4.69, 9.17) is 4.74 Å². The normalized spacial score (nSPS) is 14.8. The second kappa shape index (κ2) is 7.83. The van der Waals surface area contributed by atoms with E-state index >= 15 is 0 Å². The third-order valence-corrected chi connectivity index (χ3v) is 5.02. The van der Waals surface area contributed by atoms with Crippen LogP contribution in [0, 0.1) is 0 Å². The third kappa shape index (κ3) is 3.97. The number of fused-ring (bicyclic) bond motifs is 1. The van der Waals surface area contributed by atoms with Crippen molar-refractivity contribution in [1.82, 2.24) is 0 Å². The lowest BCUT2D eigenvalue weighted by Crippen LogP contribution is -1.98. The highest BCUT2D eigenvalue weighted by Crippen LogP contribution is 2.44. The van der Waals surface area contributed by atoms with Gasteiger partial charge in [-0.2, -0.15) is 0 Å². The molecule has 0 bridgehead atoms. The van der Waals surface area contributed by atoms with Crippen molar-refractivity contribution in [2.45, 2.75) is 40.0 Å². The second-order valence-corrected chi connectivity index (χ2v) is 7.19. The van der Waals surface area contributed by atoms with E-state index in [-0.39, 0.29) is 6.42 Å². The summed E-state index contributed by atoms with van der Waals surface area (Å²) in [5, 5.41) is 9.36. The zero-order chi connectivity index (χ0) is 19.6. The Morgan fingerprint density at radius 3 is 2.41 bits per heavy atom. The first-order valence-electron chi connectivity index (χ1n) is 9.41. The Hall–Kier alpha value is -2.81. The van der Waals surface area contributed by atoms with Gasteiger partial charge in [0.2, 0.25) is 0 Å². The minimum Gasteiger partial charge on any atom is -0.494 e. The molecule has 3 heteroatoms. The van der Waals surface area contributed by atoms with E-state index in [1.54, 1.807) is 0 Å². The molecule has 140 valence electrons. The molecule has 2 aromatic rings. The number of benzene rings is 2. The molecule has 27 heavy (non-hydrogen) atoms. The summed E-state index contributed by atoms with van der Waals surface area (Å²) in [6, 6.07) is 14.5. The molecule has 0 aliphatic heterocycles. The highest BCUT2D eigenvalue weighted by atomic mass is 16.5. The van der Waals surface area contributed by atoms with Gasteiger partial charge in [0, 0.05) is 0 Å². The number of ether oxygens (including phenoxy) is 1. The SMILES string of the molecule is CCOc1ccc2c(c1)C(CC(=O)O)=C(C)C2=Cc1ccc(C(C)C)cc1. The fourth-order valence-corrected chi connectivity index (χ4v) is 3.54. The van der Waals surface area contributed by atoms with E-state index < -0.39 is 5.97 Å². The van der Waals surface area contributed by atoms with Crippen LogP contribution >= 0.6 is 0 Å². The molecule has 3 nitrogen and oxygen atoms in total. The summed E-state index contributed by atoms with van der Waals surface area (Å²) in [6.45, 7) is 8.90. The first-order chi connectivity index (χ1) is 12.9. The Kier molecular flexibility index (Phi) is 5.50. The van der Waals surface area contributed by atoms with Crippen LogP contribution in [0.3, 0.4) is 0 Å². The zero-order valence-corrected chi connectivity index (χ0v) is 16.4. The van der Waals surface area contributed by atoms with Crippen LogP contribution < -0.4 is 4.74 Å². The number of allylic oxidation sites excluding steroid dienone is 2. The van der Waals surface area contributed by atoms with Crippen LogP contribution in [0.4, 0.5) is 0 Å². The molecule has 0 amide bonds. The van der Waals surface area contributed by atoms with Crippen molar-refractivity contribution >= 4 is 23.2 Å². The van der Waals surface area contributed by atoms with Crippen molar-refractivity contribution in [3.05, 3.63) is 70.3 Å². The average Bonchev–Trinajstić information content (AvgIpc) is 2.87. The van der Waals surface area contributed by atoms with Crippen LogP contribution in [0.25, 0.3) is 17.2 Å². The smallest absolute Gasteiger partial charge is 0.307 e. The molecular formula is C24H26O3. The van der Waals surface area contributed by atoms with Gasteiger partial charge in [0.15, 0.2) is 0 Å². The first kappa shape index (κ1) is 19.0. The summed E-state index contributed by atoms with van der Waals surface area (Å²) < 4.78 is 5.62. The molecule has 1 N–H and O–H groups in total. The van der Waals surface area contributed by atoms with Crippen LogP contribution in [0.5, 0.6) is 5.75 Å². The van der Waals surface area contributed by atoms with Gasteiger partial charge < -0.3 is 9.84 Å². The molecule has 0 unspecified atom stereocenters. The Bertz CT molecular complexity index is 915. The maximum Gasteiger partial charge on any atom is 0.307 e. The molecule has 0 saturated carbocycles. The quantitative estimate of drug-likeness (QED) is 0.684. The molecule has 0 spiro atoms. The van der Waals surface area contributed by atoms with Gasteiger partial charge in [-0.1, -0.05) is 44.2 Å². The Morgan fingerprint density at radius 1 is 1.11 bits per heavy atom. The molecule has 1 aliphatic carbocycles. The van der Waals surface area contributed by atoms with E-state index in [1.165, 1.54) is 5.56 Å². The maximum atomic E-state index is 11.4. The third-order valence-electron chi connectivity index (χ3n) is 5.02. The van der Waals surface area contributed by atoms with E-state index in [0.29, 0.717) is 12.5 Å². The second-order valence-electron chi connectivity index (χ2n) is 7.19. The molecule has 0 atom stereocenters. The standard InChI is InChI=1S/C24H26O3/c1-5-27-19-10-11-20-21(12-17-6-8-18(9-7-17)15(2)3)16(4)22(14-24(25)26)23(20)13-19/h6-13,15H,5,14H2,1-4H3,(H,25,26). The van der Waals surface area contributed by atoms with Crippen LogP contribution in [0.1, 0.15) is 62.3 Å². The topological polar surface area (TPSA) is 46.5 Å². The van der Waals surface area contributed by atoms with E-state index in [2.05, 4.69) is 44.2 Å². The summed E-state index contributed by atoms with van der Waals surface area (Å²) in [4.78, 5) is 11.4. The van der Waals surface area contributed by atoms with Gasteiger partial charge in [0.05, 0.1) is 13.0 Å². The summed E-state index contributed by atoms with van der Waals surface area (Å²) in [6.07, 6.45) is 2.16. The van der Waals surface area contributed by atoms with E-state index in [1.807, 2.05) is 32.0 Å². The first-order valence-corrected chi connectivity index (χ1v) is 9.41. The van der Waals surface area contributed by atoms with Gasteiger partial charge in [0.25, 0.3) is 0 Å². The molecule has 1 aliphatic rings. The lowest BCUT2D eigenvalue weighted by Gasteiger charge is -2.09. The van der Waals surface area contributed by atoms with Crippen molar-refractivity contribution < 1.29 is 14.6 Å². The van der Waals surface area contributed by atoms with Crippen LogP contribution in [-0.4, -0.2) is 17.7 Å². The molecular weight excluding hydrogens is 336 g/mol. The van der Waals surface area contributed by atoms with Gasteiger partial charge >= 0.3 is 5.97 Å². The van der Waals surface area contributed by atoms with E-state index in [0.717, 1.165) is 39.2 Å². The highest BCUT2D eigenvalue weighted by molar-refractivity contribution is 6.07. The van der Waals surface area contributed by atoms with Gasteiger partial charge in [-0.15, -0.1) is 0 Å². The molecule has 0 fully saturated rings. The minimum atomic E-state index is -0.820. The molecule has 0 saturated heterocycles. The summed E-state index contributed by atoms with van der Waals surface area (Å²) in [5.41, 5.74) is 7.43. The predicted octanol–water partition coefficient (Wildman–Crippen LogP) is 6.01. The number of carboxylic acid groups (broad SMARTS) is 1. The summed E-state index contributed by atoms with van der Waals surface area (Å²) >= 11 is 0. The van der Waals surface area contributed by atoms with Crippen LogP contribution in [-0.2, 0) is 4.79 Å². The van der Waals surface area contributed by atoms with Crippen LogP contribution in [0.15, 0.2) is 48.0 Å². The monoisotopic (exact) mass is 362 g/mol. The Morgan fingerprint density at radius 2 is 1.81 bits per heavy atom. The number of hydrogen-bond acceptors (Lipinski definition) is 2.